The minimum absolute atomic E-state index is 0.0145. The first kappa shape index (κ1) is 26.6. The van der Waals surface area contributed by atoms with Gasteiger partial charge in [-0.05, 0) is 55.2 Å². The molecule has 0 saturated carbocycles. The van der Waals surface area contributed by atoms with Crippen LogP contribution in [0.1, 0.15) is 95.3 Å². The second kappa shape index (κ2) is 15.3. The lowest BCUT2D eigenvalue weighted by Gasteiger charge is -2.12. The third kappa shape index (κ3) is 9.81. The summed E-state index contributed by atoms with van der Waals surface area (Å²) in [5, 5.41) is 0. The highest BCUT2D eigenvalue weighted by atomic mass is 16.5. The van der Waals surface area contributed by atoms with Crippen LogP contribution in [-0.2, 0) is 9.53 Å². The largest absolute Gasteiger partial charge is 0.494 e. The number of hydrogen-bond acceptors (Lipinski definition) is 4. The van der Waals surface area contributed by atoms with E-state index in [-0.39, 0.29) is 5.78 Å². The third-order valence-electron chi connectivity index (χ3n) is 5.84. The van der Waals surface area contributed by atoms with E-state index in [0.29, 0.717) is 12.0 Å². The van der Waals surface area contributed by atoms with Crippen molar-refractivity contribution in [3.63, 3.8) is 0 Å². The fraction of sp³-hybridized carbons (Fsp3) is 0.517. The molecule has 2 aromatic carbocycles. The Labute approximate surface area is 199 Å². The highest BCUT2D eigenvalue weighted by Crippen LogP contribution is 2.23. The standard InChI is InChI=1S/C29H40O4/c1-4-6-8-10-12-22-32-27-20-18-25(19-21-27)24-14-16-26(17-15-24)29(31)33-23(3)28(30)13-11-9-7-5-2/h14-21,23H,4-13,22H2,1-3H3. The van der Waals surface area contributed by atoms with Crippen molar-refractivity contribution >= 4 is 11.8 Å². The molecule has 0 fully saturated rings. The Balaban J connectivity index is 1.81. The van der Waals surface area contributed by atoms with Crippen LogP contribution in [0, 0.1) is 0 Å². The van der Waals surface area contributed by atoms with Crippen molar-refractivity contribution in [2.24, 2.45) is 0 Å². The quantitative estimate of drug-likeness (QED) is 0.193. The van der Waals surface area contributed by atoms with Gasteiger partial charge in [-0.15, -0.1) is 0 Å². The Morgan fingerprint density at radius 3 is 1.88 bits per heavy atom. The molecule has 0 heterocycles. The maximum atomic E-state index is 12.4. The van der Waals surface area contributed by atoms with Gasteiger partial charge in [0.15, 0.2) is 11.9 Å². The molecule has 1 atom stereocenters. The summed E-state index contributed by atoms with van der Waals surface area (Å²) in [6.45, 7) is 6.76. The van der Waals surface area contributed by atoms with Gasteiger partial charge in [0.1, 0.15) is 5.75 Å². The molecule has 0 aromatic heterocycles. The lowest BCUT2D eigenvalue weighted by molar-refractivity contribution is -0.127. The van der Waals surface area contributed by atoms with Crippen LogP contribution < -0.4 is 4.74 Å². The molecule has 4 nitrogen and oxygen atoms in total. The topological polar surface area (TPSA) is 52.6 Å². The van der Waals surface area contributed by atoms with E-state index in [1.54, 1.807) is 19.1 Å². The van der Waals surface area contributed by atoms with Gasteiger partial charge in [-0.25, -0.2) is 4.79 Å². The number of esters is 1. The van der Waals surface area contributed by atoms with Crippen molar-refractivity contribution < 1.29 is 19.1 Å². The van der Waals surface area contributed by atoms with Gasteiger partial charge < -0.3 is 9.47 Å². The Morgan fingerprint density at radius 2 is 1.27 bits per heavy atom. The predicted octanol–water partition coefficient (Wildman–Crippen LogP) is 7.79. The maximum absolute atomic E-state index is 12.4. The number of benzene rings is 2. The first-order chi connectivity index (χ1) is 16.0. The Kier molecular flexibility index (Phi) is 12.3. The van der Waals surface area contributed by atoms with Crippen LogP contribution in [0.15, 0.2) is 48.5 Å². The maximum Gasteiger partial charge on any atom is 0.338 e. The zero-order chi connectivity index (χ0) is 23.9. The molecule has 0 aliphatic carbocycles. The van der Waals surface area contributed by atoms with Crippen LogP contribution in [0.2, 0.25) is 0 Å². The van der Waals surface area contributed by atoms with Gasteiger partial charge in [0.2, 0.25) is 0 Å². The van der Waals surface area contributed by atoms with Crippen LogP contribution >= 0.6 is 0 Å². The molecular weight excluding hydrogens is 412 g/mol. The lowest BCUT2D eigenvalue weighted by atomic mass is 10.0. The van der Waals surface area contributed by atoms with Gasteiger partial charge >= 0.3 is 5.97 Å². The summed E-state index contributed by atoms with van der Waals surface area (Å²) >= 11 is 0. The first-order valence-corrected chi connectivity index (χ1v) is 12.6. The molecule has 1 unspecified atom stereocenters. The normalized spacial score (nSPS) is 11.7. The molecule has 0 amide bonds. The van der Waals surface area contributed by atoms with Gasteiger partial charge in [-0.2, -0.15) is 0 Å². The average molecular weight is 453 g/mol. The van der Waals surface area contributed by atoms with Crippen molar-refractivity contribution in [3.8, 4) is 16.9 Å². The number of hydrogen-bond donors (Lipinski definition) is 0. The second-order valence-corrected chi connectivity index (χ2v) is 8.69. The molecule has 0 N–H and O–H groups in total. The van der Waals surface area contributed by atoms with E-state index in [1.165, 1.54) is 25.7 Å². The second-order valence-electron chi connectivity index (χ2n) is 8.69. The van der Waals surface area contributed by atoms with E-state index >= 15 is 0 Å². The van der Waals surface area contributed by atoms with E-state index in [9.17, 15) is 9.59 Å². The van der Waals surface area contributed by atoms with E-state index in [1.807, 2.05) is 36.4 Å². The van der Waals surface area contributed by atoms with E-state index in [0.717, 1.165) is 55.6 Å². The van der Waals surface area contributed by atoms with Crippen molar-refractivity contribution in [2.75, 3.05) is 6.61 Å². The van der Waals surface area contributed by atoms with Gasteiger partial charge in [0, 0.05) is 6.42 Å². The summed E-state index contributed by atoms with van der Waals surface area (Å²) < 4.78 is 11.2. The third-order valence-corrected chi connectivity index (χ3v) is 5.84. The average Bonchev–Trinajstić information content (AvgIpc) is 2.84. The minimum atomic E-state index is -0.710. The van der Waals surface area contributed by atoms with Crippen LogP contribution in [0.4, 0.5) is 0 Å². The Morgan fingerprint density at radius 1 is 0.727 bits per heavy atom. The molecule has 2 rings (SSSR count). The van der Waals surface area contributed by atoms with Crippen LogP contribution in [0.3, 0.4) is 0 Å². The summed E-state index contributed by atoms with van der Waals surface area (Å²) in [7, 11) is 0. The number of ketones is 1. The molecule has 0 aliphatic rings. The van der Waals surface area contributed by atoms with Crippen LogP contribution in [0.25, 0.3) is 11.1 Å². The molecule has 0 bridgehead atoms. The van der Waals surface area contributed by atoms with Crippen LogP contribution in [0.5, 0.6) is 5.75 Å². The lowest BCUT2D eigenvalue weighted by Crippen LogP contribution is -2.24. The number of carbonyl (C=O) groups is 2. The summed E-state index contributed by atoms with van der Waals surface area (Å²) in [6, 6.07) is 15.3. The monoisotopic (exact) mass is 452 g/mol. The van der Waals surface area contributed by atoms with Crippen molar-refractivity contribution in [1.82, 2.24) is 0 Å². The van der Waals surface area contributed by atoms with E-state index in [4.69, 9.17) is 9.47 Å². The summed E-state index contributed by atoms with van der Waals surface area (Å²) in [4.78, 5) is 24.6. The molecule has 0 radical (unpaired) electrons. The Bertz CT molecular complexity index is 824. The van der Waals surface area contributed by atoms with Gasteiger partial charge in [-0.3, -0.25) is 4.79 Å². The number of ether oxygens (including phenoxy) is 2. The highest BCUT2D eigenvalue weighted by Gasteiger charge is 2.18. The molecule has 0 spiro atoms. The zero-order valence-electron chi connectivity index (χ0n) is 20.6. The summed E-state index contributed by atoms with van der Waals surface area (Å²) in [5.41, 5.74) is 2.52. The van der Waals surface area contributed by atoms with Gasteiger partial charge in [-0.1, -0.05) is 83.1 Å². The molecule has 0 saturated heterocycles. The molecular formula is C29H40O4. The molecule has 33 heavy (non-hydrogen) atoms. The number of Topliss-reactive ketones (excluding diaryl/α,β-unsaturated/α-hetero) is 1. The number of rotatable bonds is 16. The SMILES string of the molecule is CCCCCCCOc1ccc(-c2ccc(C(=O)OC(C)C(=O)CCCCCC)cc2)cc1. The van der Waals surface area contributed by atoms with Crippen LogP contribution in [-0.4, -0.2) is 24.5 Å². The predicted molar refractivity (Wildman–Crippen MR) is 135 cm³/mol. The Hall–Kier alpha value is -2.62. The van der Waals surface area contributed by atoms with Gasteiger partial charge in [0.25, 0.3) is 0 Å². The van der Waals surface area contributed by atoms with E-state index in [2.05, 4.69) is 13.8 Å². The highest BCUT2D eigenvalue weighted by molar-refractivity contribution is 5.93. The number of carbonyl (C=O) groups excluding carboxylic acids is 2. The molecule has 180 valence electrons. The smallest absolute Gasteiger partial charge is 0.338 e. The fourth-order valence-corrected chi connectivity index (χ4v) is 3.66. The molecule has 2 aromatic rings. The van der Waals surface area contributed by atoms with Crippen molar-refractivity contribution in [3.05, 3.63) is 54.1 Å². The summed E-state index contributed by atoms with van der Waals surface area (Å²) in [5.74, 6) is 0.403. The van der Waals surface area contributed by atoms with E-state index < -0.39 is 12.1 Å². The number of unbranched alkanes of at least 4 members (excludes halogenated alkanes) is 7. The summed E-state index contributed by atoms with van der Waals surface area (Å²) in [6.07, 6.45) is 10.0. The van der Waals surface area contributed by atoms with Crippen molar-refractivity contribution in [2.45, 2.75) is 91.1 Å². The molecule has 4 heteroatoms. The molecule has 0 aliphatic heterocycles. The minimum Gasteiger partial charge on any atom is -0.494 e. The van der Waals surface area contributed by atoms with Gasteiger partial charge in [0.05, 0.1) is 12.2 Å². The first-order valence-electron chi connectivity index (χ1n) is 12.6. The van der Waals surface area contributed by atoms with Crippen molar-refractivity contribution in [1.29, 1.82) is 0 Å². The fourth-order valence-electron chi connectivity index (χ4n) is 3.66. The zero-order valence-corrected chi connectivity index (χ0v) is 20.6.